The molecule has 82 valence electrons. The van der Waals surface area contributed by atoms with Gasteiger partial charge in [-0.05, 0) is 0 Å². The van der Waals surface area contributed by atoms with Gasteiger partial charge < -0.3 is 15.2 Å². The van der Waals surface area contributed by atoms with E-state index in [2.05, 4.69) is 0 Å². The summed E-state index contributed by atoms with van der Waals surface area (Å²) in [6.45, 7) is 0. The number of aliphatic carboxylic acids is 1. The van der Waals surface area contributed by atoms with E-state index in [9.17, 15) is 18.4 Å². The van der Waals surface area contributed by atoms with Crippen LogP contribution >= 0.6 is 0 Å². The summed E-state index contributed by atoms with van der Waals surface area (Å²) in [7, 11) is 0. The second kappa shape index (κ2) is 4.07. The Morgan fingerprint density at radius 3 is 2.60 bits per heavy atom. The van der Waals surface area contributed by atoms with Crippen molar-refractivity contribution in [2.45, 2.75) is 12.8 Å². The molecule has 1 heterocycles. The molecule has 0 aliphatic heterocycles. The van der Waals surface area contributed by atoms with Gasteiger partial charge in [-0.3, -0.25) is 9.59 Å². The number of carboxylic acids is 1. The van der Waals surface area contributed by atoms with Crippen LogP contribution in [0.1, 0.15) is 17.7 Å². The Kier molecular flexibility index (Phi) is 3.03. The number of nitrogens with one attached hydrogen (secondary N) is 1. The Hall–Kier alpha value is -1.92. The molecule has 0 atom stereocenters. The zero-order valence-electron chi connectivity index (χ0n) is 7.33. The predicted molar refractivity (Wildman–Crippen MR) is 45.0 cm³/mol. The van der Waals surface area contributed by atoms with Crippen LogP contribution in [0.5, 0.6) is 5.75 Å². The highest BCUT2D eigenvalue weighted by Crippen LogP contribution is 2.29. The Bertz CT molecular complexity index is 441. The Labute approximate surface area is 82.0 Å². The number of carboxylic acid groups (broad SMARTS) is 1. The molecule has 0 bridgehead atoms. The maximum atomic E-state index is 12.4. The first kappa shape index (κ1) is 11.2. The first-order chi connectivity index (χ1) is 6.91. The molecule has 0 fully saturated rings. The smallest absolute Gasteiger partial charge is 0.309 e. The number of pyridine rings is 1. The second-order valence-corrected chi connectivity index (χ2v) is 2.78. The molecular formula is C8H7F2NO4. The third-order valence-corrected chi connectivity index (χ3v) is 1.69. The van der Waals surface area contributed by atoms with E-state index in [1.54, 1.807) is 0 Å². The summed E-state index contributed by atoms with van der Waals surface area (Å²) < 4.78 is 24.8. The number of aromatic nitrogens is 1. The molecule has 3 N–H and O–H groups in total. The molecule has 0 amide bonds. The number of aromatic hydroxyl groups is 1. The van der Waals surface area contributed by atoms with E-state index in [1.165, 1.54) is 0 Å². The summed E-state index contributed by atoms with van der Waals surface area (Å²) >= 11 is 0. The van der Waals surface area contributed by atoms with Crippen molar-refractivity contribution >= 4 is 5.97 Å². The molecule has 0 aromatic carbocycles. The van der Waals surface area contributed by atoms with Crippen LogP contribution in [0.3, 0.4) is 0 Å². The maximum absolute atomic E-state index is 12.4. The second-order valence-electron chi connectivity index (χ2n) is 2.78. The van der Waals surface area contributed by atoms with Crippen LogP contribution in [0.2, 0.25) is 0 Å². The zero-order chi connectivity index (χ0) is 11.6. The summed E-state index contributed by atoms with van der Waals surface area (Å²) in [5.74, 6) is -2.27. The Morgan fingerprint density at radius 2 is 2.13 bits per heavy atom. The average Bonchev–Trinajstić information content (AvgIpc) is 1.99. The van der Waals surface area contributed by atoms with Gasteiger partial charge >= 0.3 is 5.97 Å². The van der Waals surface area contributed by atoms with Gasteiger partial charge in [0.25, 0.3) is 12.0 Å². The number of carbonyl (C=O) groups is 1. The minimum absolute atomic E-state index is 0.484. The summed E-state index contributed by atoms with van der Waals surface area (Å²) in [6.07, 6.45) is -3.82. The van der Waals surface area contributed by atoms with E-state index >= 15 is 0 Å². The van der Waals surface area contributed by atoms with Gasteiger partial charge in [-0.15, -0.1) is 0 Å². The molecule has 1 aromatic rings. The van der Waals surface area contributed by atoms with Crippen molar-refractivity contribution in [2.24, 2.45) is 0 Å². The van der Waals surface area contributed by atoms with Crippen LogP contribution in [0.15, 0.2) is 10.9 Å². The van der Waals surface area contributed by atoms with Crippen molar-refractivity contribution in [1.29, 1.82) is 0 Å². The molecule has 0 aliphatic carbocycles. The van der Waals surface area contributed by atoms with E-state index in [0.29, 0.717) is 6.07 Å². The van der Waals surface area contributed by atoms with Crippen LogP contribution < -0.4 is 5.56 Å². The van der Waals surface area contributed by atoms with Crippen LogP contribution in [0.4, 0.5) is 8.78 Å². The van der Waals surface area contributed by atoms with E-state index < -0.39 is 41.4 Å². The maximum Gasteiger partial charge on any atom is 0.309 e. The lowest BCUT2D eigenvalue weighted by Gasteiger charge is -2.07. The number of hydrogen-bond acceptors (Lipinski definition) is 3. The van der Waals surface area contributed by atoms with Gasteiger partial charge in [0, 0.05) is 11.8 Å². The first-order valence-corrected chi connectivity index (χ1v) is 3.87. The number of H-pyrrole nitrogens is 1. The number of rotatable bonds is 3. The van der Waals surface area contributed by atoms with Crippen molar-refractivity contribution < 1.29 is 23.8 Å². The lowest BCUT2D eigenvalue weighted by molar-refractivity contribution is -0.136. The van der Waals surface area contributed by atoms with Crippen LogP contribution in [-0.2, 0) is 11.2 Å². The molecule has 0 radical (unpaired) electrons. The van der Waals surface area contributed by atoms with E-state index in [1.807, 2.05) is 4.98 Å². The van der Waals surface area contributed by atoms with Crippen molar-refractivity contribution in [1.82, 2.24) is 4.98 Å². The van der Waals surface area contributed by atoms with Gasteiger partial charge in [-0.1, -0.05) is 0 Å². The number of halogens is 2. The third-order valence-electron chi connectivity index (χ3n) is 1.69. The monoisotopic (exact) mass is 219 g/mol. The van der Waals surface area contributed by atoms with Gasteiger partial charge in [-0.25, -0.2) is 8.78 Å². The standard InChI is InChI=1S/C8H7F2NO4/c9-8(10)7-3(1-6(14)15)11-5(13)2-4(7)12/h2,8H,1H2,(H,14,15)(H2,11,12,13). The Balaban J connectivity index is 3.33. The number of hydrogen-bond donors (Lipinski definition) is 3. The largest absolute Gasteiger partial charge is 0.507 e. The van der Waals surface area contributed by atoms with Crippen molar-refractivity contribution in [2.75, 3.05) is 0 Å². The molecule has 7 heteroatoms. The lowest BCUT2D eigenvalue weighted by Crippen LogP contribution is -2.14. The van der Waals surface area contributed by atoms with Gasteiger partial charge in [0.1, 0.15) is 5.75 Å². The summed E-state index contributed by atoms with van der Waals surface area (Å²) in [6, 6.07) is 0.576. The van der Waals surface area contributed by atoms with Crippen LogP contribution in [-0.4, -0.2) is 21.2 Å². The summed E-state index contributed by atoms with van der Waals surface area (Å²) in [5, 5.41) is 17.5. The number of alkyl halides is 2. The van der Waals surface area contributed by atoms with Crippen LogP contribution in [0, 0.1) is 0 Å². The summed E-state index contributed by atoms with van der Waals surface area (Å²) in [4.78, 5) is 23.1. The lowest BCUT2D eigenvalue weighted by atomic mass is 10.1. The molecule has 1 rings (SSSR count). The van der Waals surface area contributed by atoms with Gasteiger partial charge in [-0.2, -0.15) is 0 Å². The van der Waals surface area contributed by atoms with E-state index in [4.69, 9.17) is 10.2 Å². The fourth-order valence-corrected chi connectivity index (χ4v) is 1.14. The minimum Gasteiger partial charge on any atom is -0.507 e. The summed E-state index contributed by atoms with van der Waals surface area (Å²) in [5.41, 5.74) is -2.16. The van der Waals surface area contributed by atoms with Crippen LogP contribution in [0.25, 0.3) is 0 Å². The van der Waals surface area contributed by atoms with Gasteiger partial charge in [0.05, 0.1) is 12.0 Å². The molecule has 0 saturated carbocycles. The highest BCUT2D eigenvalue weighted by molar-refractivity contribution is 5.70. The normalized spacial score (nSPS) is 10.6. The SMILES string of the molecule is O=C(O)Cc1[nH]c(=O)cc(O)c1C(F)F. The Morgan fingerprint density at radius 1 is 1.53 bits per heavy atom. The molecule has 15 heavy (non-hydrogen) atoms. The molecule has 0 spiro atoms. The van der Waals surface area contributed by atoms with Gasteiger partial charge in [0.15, 0.2) is 0 Å². The highest BCUT2D eigenvalue weighted by atomic mass is 19.3. The van der Waals surface area contributed by atoms with Crippen molar-refractivity contribution in [3.05, 3.63) is 27.7 Å². The molecule has 0 saturated heterocycles. The molecular weight excluding hydrogens is 212 g/mol. The molecule has 0 unspecified atom stereocenters. The molecule has 5 nitrogen and oxygen atoms in total. The van der Waals surface area contributed by atoms with Crippen molar-refractivity contribution in [3.63, 3.8) is 0 Å². The van der Waals surface area contributed by atoms with Gasteiger partial charge in [0.2, 0.25) is 0 Å². The fraction of sp³-hybridized carbons (Fsp3) is 0.250. The predicted octanol–water partition coefficient (Wildman–Crippen LogP) is 0.645. The average molecular weight is 219 g/mol. The quantitative estimate of drug-likeness (QED) is 0.695. The topological polar surface area (TPSA) is 90.4 Å². The van der Waals surface area contributed by atoms with E-state index in [0.717, 1.165) is 0 Å². The fourth-order valence-electron chi connectivity index (χ4n) is 1.14. The van der Waals surface area contributed by atoms with Crippen molar-refractivity contribution in [3.8, 4) is 5.75 Å². The molecule has 1 aromatic heterocycles. The zero-order valence-corrected chi connectivity index (χ0v) is 7.33. The first-order valence-electron chi connectivity index (χ1n) is 3.87. The minimum atomic E-state index is -3.05. The third kappa shape index (κ3) is 2.52. The van der Waals surface area contributed by atoms with E-state index in [-0.39, 0.29) is 0 Å². The molecule has 0 aliphatic rings. The number of aromatic amines is 1. The highest BCUT2D eigenvalue weighted by Gasteiger charge is 2.20.